The van der Waals surface area contributed by atoms with E-state index in [0.29, 0.717) is 10.5 Å². The highest BCUT2D eigenvalue weighted by Gasteiger charge is 2.43. The summed E-state index contributed by atoms with van der Waals surface area (Å²) in [4.78, 5) is 13.6. The lowest BCUT2D eigenvalue weighted by molar-refractivity contribution is -0.185. The first kappa shape index (κ1) is 19.7. The lowest BCUT2D eigenvalue weighted by Crippen LogP contribution is -2.42. The topological polar surface area (TPSA) is 32.8 Å². The Balaban J connectivity index is 2.37. The van der Waals surface area contributed by atoms with Gasteiger partial charge in [-0.05, 0) is 36.7 Å². The van der Waals surface area contributed by atoms with Crippen LogP contribution in [0.25, 0.3) is 0 Å². The number of carbonyl (C=O) groups is 1. The first-order valence-corrected chi connectivity index (χ1v) is 8.06. The molecule has 4 nitrogen and oxygen atoms in total. The van der Waals surface area contributed by atoms with Crippen molar-refractivity contribution in [2.75, 3.05) is 27.2 Å². The van der Waals surface area contributed by atoms with Crippen LogP contribution in [0.1, 0.15) is 11.1 Å². The van der Waals surface area contributed by atoms with Crippen LogP contribution in [0.3, 0.4) is 0 Å². The third-order valence-electron chi connectivity index (χ3n) is 3.74. The Labute approximate surface area is 152 Å². The summed E-state index contributed by atoms with van der Waals surface area (Å²) in [6, 6.07) is 1.04. The average molecular weight is 399 g/mol. The summed E-state index contributed by atoms with van der Waals surface area (Å²) in [6.07, 6.45) is -5.08. The van der Waals surface area contributed by atoms with Gasteiger partial charge in [0, 0.05) is 32.7 Å². The molecule has 1 aromatic carbocycles. The summed E-state index contributed by atoms with van der Waals surface area (Å²) >= 11 is 11.1. The van der Waals surface area contributed by atoms with Crippen LogP contribution in [0.15, 0.2) is 6.07 Å². The number of rotatable bonds is 1. The number of fused-ring (bicyclic) bond motifs is 1. The van der Waals surface area contributed by atoms with Crippen LogP contribution in [0.4, 0.5) is 17.6 Å². The molecule has 1 aliphatic heterocycles. The monoisotopic (exact) mass is 398 g/mol. The summed E-state index contributed by atoms with van der Waals surface area (Å²) in [5.74, 6) is -2.49. The maximum absolute atomic E-state index is 14.2. The highest BCUT2D eigenvalue weighted by Crippen LogP contribution is 2.36. The van der Waals surface area contributed by atoms with Crippen LogP contribution in [-0.2, 0) is 17.6 Å². The van der Waals surface area contributed by atoms with E-state index in [4.69, 9.17) is 28.6 Å². The molecule has 25 heavy (non-hydrogen) atoms. The molecule has 1 heterocycles. The van der Waals surface area contributed by atoms with E-state index in [9.17, 15) is 22.4 Å². The molecule has 2 rings (SSSR count). The number of ether oxygens (including phenoxy) is 1. The fourth-order valence-corrected chi connectivity index (χ4v) is 2.83. The van der Waals surface area contributed by atoms with E-state index in [1.165, 1.54) is 4.90 Å². The van der Waals surface area contributed by atoms with Crippen LogP contribution in [0, 0.1) is 5.82 Å². The number of hydrogen-bond donors (Lipinski definition) is 0. The molecule has 0 aliphatic carbocycles. The van der Waals surface area contributed by atoms with E-state index in [0.717, 1.165) is 6.07 Å². The highest BCUT2D eigenvalue weighted by molar-refractivity contribution is 7.80. The molecule has 138 valence electrons. The first-order chi connectivity index (χ1) is 11.5. The molecule has 0 saturated heterocycles. The maximum atomic E-state index is 14.2. The number of benzene rings is 1. The zero-order chi connectivity index (χ0) is 18.9. The fourth-order valence-electron chi connectivity index (χ4n) is 2.50. The van der Waals surface area contributed by atoms with Gasteiger partial charge in [0.25, 0.3) is 5.17 Å². The van der Waals surface area contributed by atoms with Gasteiger partial charge in [-0.3, -0.25) is 4.79 Å². The maximum Gasteiger partial charge on any atom is 0.471 e. The SMILES string of the molecule is CN(C)C(=S)Oc1c(Cl)cc(F)c2c1CCN(C(=O)C(F)(F)F)CC2. The van der Waals surface area contributed by atoms with E-state index in [1.807, 2.05) is 0 Å². The second-order valence-electron chi connectivity index (χ2n) is 5.68. The Kier molecular flexibility index (Phi) is 5.78. The Hall–Kier alpha value is -1.61. The summed E-state index contributed by atoms with van der Waals surface area (Å²) in [7, 11) is 3.28. The predicted octanol–water partition coefficient (Wildman–Crippen LogP) is 3.19. The van der Waals surface area contributed by atoms with Crippen molar-refractivity contribution in [1.29, 1.82) is 0 Å². The van der Waals surface area contributed by atoms with Gasteiger partial charge in [0.15, 0.2) is 5.75 Å². The largest absolute Gasteiger partial charge is 0.471 e. The minimum Gasteiger partial charge on any atom is -0.430 e. The summed E-state index contributed by atoms with van der Waals surface area (Å²) in [5, 5.41) is 0.0410. The number of hydrogen-bond acceptors (Lipinski definition) is 3. The van der Waals surface area contributed by atoms with Gasteiger partial charge in [-0.1, -0.05) is 11.6 Å². The number of halogens is 5. The van der Waals surface area contributed by atoms with Gasteiger partial charge in [0.05, 0.1) is 5.02 Å². The Morgan fingerprint density at radius 3 is 2.36 bits per heavy atom. The van der Waals surface area contributed by atoms with E-state index in [2.05, 4.69) is 0 Å². The Morgan fingerprint density at radius 1 is 1.28 bits per heavy atom. The van der Waals surface area contributed by atoms with Gasteiger partial charge < -0.3 is 14.5 Å². The first-order valence-electron chi connectivity index (χ1n) is 7.27. The summed E-state index contributed by atoms with van der Waals surface area (Å²) in [5.41, 5.74) is 0.505. The van der Waals surface area contributed by atoms with Crippen molar-refractivity contribution in [3.8, 4) is 5.75 Å². The van der Waals surface area contributed by atoms with Crippen LogP contribution in [-0.4, -0.2) is 54.2 Å². The molecule has 0 radical (unpaired) electrons. The van der Waals surface area contributed by atoms with Gasteiger partial charge in [-0.15, -0.1) is 0 Å². The molecular weight excluding hydrogens is 384 g/mol. The molecule has 0 saturated carbocycles. The number of amides is 1. The molecule has 1 aromatic rings. The molecule has 0 bridgehead atoms. The van der Waals surface area contributed by atoms with E-state index < -0.39 is 17.9 Å². The lowest BCUT2D eigenvalue weighted by Gasteiger charge is -2.21. The average Bonchev–Trinajstić information content (AvgIpc) is 2.72. The molecule has 10 heteroatoms. The number of alkyl halides is 3. The van der Waals surface area contributed by atoms with Crippen molar-refractivity contribution in [3.05, 3.63) is 28.0 Å². The summed E-state index contributed by atoms with van der Waals surface area (Å²) in [6.45, 7) is -0.475. The van der Waals surface area contributed by atoms with Gasteiger partial charge >= 0.3 is 12.1 Å². The van der Waals surface area contributed by atoms with Gasteiger partial charge in [0.1, 0.15) is 5.82 Å². The van der Waals surface area contributed by atoms with E-state index >= 15 is 0 Å². The molecule has 1 aliphatic rings. The normalized spacial score (nSPS) is 14.6. The smallest absolute Gasteiger partial charge is 0.430 e. The van der Waals surface area contributed by atoms with Crippen molar-refractivity contribution >= 4 is 34.9 Å². The second-order valence-corrected chi connectivity index (χ2v) is 6.44. The fraction of sp³-hybridized carbons (Fsp3) is 0.467. The zero-order valence-electron chi connectivity index (χ0n) is 13.4. The predicted molar refractivity (Wildman–Crippen MR) is 88.4 cm³/mol. The molecule has 0 atom stereocenters. The molecule has 1 amide bonds. The van der Waals surface area contributed by atoms with Crippen molar-refractivity contribution in [3.63, 3.8) is 0 Å². The molecule has 0 unspecified atom stereocenters. The van der Waals surface area contributed by atoms with Gasteiger partial charge in [-0.2, -0.15) is 13.2 Å². The molecule has 0 spiro atoms. The quantitative estimate of drug-likeness (QED) is 0.537. The van der Waals surface area contributed by atoms with Crippen molar-refractivity contribution in [2.24, 2.45) is 0 Å². The second kappa shape index (κ2) is 7.33. The van der Waals surface area contributed by atoms with Crippen molar-refractivity contribution in [1.82, 2.24) is 9.80 Å². The number of thiocarbonyl (C=S) groups is 1. The standard InChI is InChI=1S/C15H15ClF4N2O2S/c1-21(2)14(25)24-12-9-4-6-22(13(23)15(18,19)20)5-3-8(9)11(17)7-10(12)16/h7H,3-6H2,1-2H3. The zero-order valence-corrected chi connectivity index (χ0v) is 15.0. The molecular formula is C15H15ClF4N2O2S. The van der Waals surface area contributed by atoms with Crippen LogP contribution in [0.2, 0.25) is 5.02 Å². The Bertz CT molecular complexity index is 710. The van der Waals surface area contributed by atoms with Crippen molar-refractivity contribution in [2.45, 2.75) is 19.0 Å². The van der Waals surface area contributed by atoms with Crippen LogP contribution < -0.4 is 4.74 Å². The minimum absolute atomic E-state index is 0.0278. The minimum atomic E-state index is -4.97. The van der Waals surface area contributed by atoms with Crippen molar-refractivity contribution < 1.29 is 27.1 Å². The van der Waals surface area contributed by atoms with Crippen LogP contribution in [0.5, 0.6) is 5.75 Å². The van der Waals surface area contributed by atoms with Crippen LogP contribution >= 0.6 is 23.8 Å². The summed E-state index contributed by atoms with van der Waals surface area (Å²) < 4.78 is 57.7. The third kappa shape index (κ3) is 4.33. The van der Waals surface area contributed by atoms with E-state index in [-0.39, 0.29) is 47.4 Å². The molecule has 0 aromatic heterocycles. The molecule has 0 fully saturated rings. The Morgan fingerprint density at radius 2 is 1.84 bits per heavy atom. The van der Waals surface area contributed by atoms with Gasteiger partial charge in [-0.25, -0.2) is 4.39 Å². The lowest BCUT2D eigenvalue weighted by atomic mass is 10.0. The van der Waals surface area contributed by atoms with Gasteiger partial charge in [0.2, 0.25) is 0 Å². The number of carbonyl (C=O) groups excluding carboxylic acids is 1. The van der Waals surface area contributed by atoms with E-state index in [1.54, 1.807) is 14.1 Å². The molecule has 0 N–H and O–H groups in total. The third-order valence-corrected chi connectivity index (χ3v) is 4.47. The highest BCUT2D eigenvalue weighted by atomic mass is 35.5. The number of nitrogens with zero attached hydrogens (tertiary/aromatic N) is 2.